The molecule has 3 aromatic heterocycles. The van der Waals surface area contributed by atoms with Gasteiger partial charge < -0.3 is 4.57 Å². The van der Waals surface area contributed by atoms with Gasteiger partial charge in [-0.25, -0.2) is 4.98 Å². The number of nitrogens with zero attached hydrogens (tertiary/aromatic N) is 5. The SMILES string of the molecule is c1ccc(-c2ccc(-c3nc(-c4ccccc4)nc(-n4c5ccccc5c5cc6c7ccccc7n(-c7ccccc7-c7cc(-c8ccccc8)cc(-c8ccccc8)c7)c6cc54)n3)cc2)cc1. The molecule has 0 saturated carbocycles. The van der Waals surface area contributed by atoms with E-state index in [1.165, 1.54) is 33.0 Å². The van der Waals surface area contributed by atoms with Crippen LogP contribution in [0.5, 0.6) is 0 Å². The molecule has 13 rings (SSSR count). The van der Waals surface area contributed by atoms with Gasteiger partial charge >= 0.3 is 0 Å². The van der Waals surface area contributed by atoms with Crippen molar-refractivity contribution in [2.75, 3.05) is 0 Å². The first-order valence-corrected chi connectivity index (χ1v) is 23.0. The second-order valence-corrected chi connectivity index (χ2v) is 17.2. The first kappa shape index (κ1) is 39.2. The third kappa shape index (κ3) is 6.76. The smallest absolute Gasteiger partial charge is 0.238 e. The molecular weight excluding hydrogens is 827 g/mol. The number of benzene rings is 10. The lowest BCUT2D eigenvalue weighted by atomic mass is 9.92. The third-order valence-electron chi connectivity index (χ3n) is 13.2. The highest BCUT2D eigenvalue weighted by molar-refractivity contribution is 6.19. The van der Waals surface area contributed by atoms with Gasteiger partial charge in [0, 0.05) is 38.2 Å². The van der Waals surface area contributed by atoms with Gasteiger partial charge in [0.2, 0.25) is 5.95 Å². The summed E-state index contributed by atoms with van der Waals surface area (Å²) < 4.78 is 4.67. The van der Waals surface area contributed by atoms with Gasteiger partial charge in [-0.1, -0.05) is 200 Å². The van der Waals surface area contributed by atoms with Gasteiger partial charge in [-0.3, -0.25) is 4.57 Å². The van der Waals surface area contributed by atoms with Crippen molar-refractivity contribution in [2.45, 2.75) is 0 Å². The van der Waals surface area contributed by atoms with Gasteiger partial charge in [-0.05, 0) is 87.5 Å². The van der Waals surface area contributed by atoms with E-state index in [0.717, 1.165) is 71.9 Å². The van der Waals surface area contributed by atoms with Crippen molar-refractivity contribution >= 4 is 43.6 Å². The summed E-state index contributed by atoms with van der Waals surface area (Å²) in [5.74, 6) is 1.78. The molecule has 0 N–H and O–H groups in total. The van der Waals surface area contributed by atoms with Gasteiger partial charge in [0.05, 0.1) is 27.8 Å². The van der Waals surface area contributed by atoms with Crippen LogP contribution >= 0.6 is 0 Å². The molecule has 0 aliphatic heterocycles. The van der Waals surface area contributed by atoms with Crippen LogP contribution in [0, 0.1) is 0 Å². The molecule has 13 aromatic rings. The van der Waals surface area contributed by atoms with E-state index in [4.69, 9.17) is 15.0 Å². The van der Waals surface area contributed by atoms with Crippen LogP contribution < -0.4 is 0 Å². The predicted octanol–water partition coefficient (Wildman–Crippen LogP) is 16.1. The molecule has 0 radical (unpaired) electrons. The van der Waals surface area contributed by atoms with E-state index < -0.39 is 0 Å². The van der Waals surface area contributed by atoms with E-state index in [1.54, 1.807) is 0 Å². The van der Waals surface area contributed by atoms with E-state index in [9.17, 15) is 0 Å². The van der Waals surface area contributed by atoms with Gasteiger partial charge in [0.15, 0.2) is 11.6 Å². The summed E-state index contributed by atoms with van der Waals surface area (Å²) >= 11 is 0. The van der Waals surface area contributed by atoms with E-state index in [2.05, 4.69) is 234 Å². The Morgan fingerprint density at radius 3 is 1.21 bits per heavy atom. The Bertz CT molecular complexity index is 3930. The first-order chi connectivity index (χ1) is 33.7. The van der Waals surface area contributed by atoms with Crippen molar-refractivity contribution in [1.29, 1.82) is 0 Å². The van der Waals surface area contributed by atoms with E-state index in [0.29, 0.717) is 17.6 Å². The standard InChI is InChI=1S/C63H41N5/c1-5-19-42(20-6-1)45-33-35-47(36-34-45)62-64-61(46-25-11-4-12-26-46)65-63(66-62)68-58-32-18-15-29-53(58)55-40-54-52-28-14-17-31-57(52)67(59(54)41-60(55)68)56-30-16-13-27-51(56)50-38-48(43-21-7-2-8-22-43)37-49(39-50)44-23-9-3-10-24-44/h1-41H. The van der Waals surface area contributed by atoms with Crippen molar-refractivity contribution in [3.8, 4) is 78.9 Å². The zero-order valence-electron chi connectivity index (χ0n) is 36.9. The lowest BCUT2D eigenvalue weighted by Gasteiger charge is -2.17. The molecule has 10 aromatic carbocycles. The Labute approximate surface area is 393 Å². The van der Waals surface area contributed by atoms with Crippen LogP contribution in [0.25, 0.3) is 123 Å². The van der Waals surface area contributed by atoms with Crippen LogP contribution in [-0.2, 0) is 0 Å². The second kappa shape index (κ2) is 16.4. The molecule has 0 fully saturated rings. The van der Waals surface area contributed by atoms with Crippen molar-refractivity contribution in [2.24, 2.45) is 0 Å². The molecule has 0 spiro atoms. The fourth-order valence-corrected chi connectivity index (χ4v) is 9.95. The van der Waals surface area contributed by atoms with Crippen molar-refractivity contribution in [3.05, 3.63) is 249 Å². The average molecular weight is 868 g/mol. The van der Waals surface area contributed by atoms with E-state index in [1.807, 2.05) is 24.3 Å². The number of aromatic nitrogens is 5. The van der Waals surface area contributed by atoms with E-state index in [-0.39, 0.29) is 0 Å². The predicted molar refractivity (Wildman–Crippen MR) is 281 cm³/mol. The molecule has 68 heavy (non-hydrogen) atoms. The van der Waals surface area contributed by atoms with Crippen LogP contribution in [0.2, 0.25) is 0 Å². The van der Waals surface area contributed by atoms with Gasteiger partial charge in [-0.2, -0.15) is 9.97 Å². The number of hydrogen-bond acceptors (Lipinski definition) is 3. The lowest BCUT2D eigenvalue weighted by molar-refractivity contribution is 0.953. The molecule has 5 heteroatoms. The third-order valence-corrected chi connectivity index (χ3v) is 13.2. The highest BCUT2D eigenvalue weighted by Crippen LogP contribution is 2.42. The van der Waals surface area contributed by atoms with Crippen LogP contribution in [0.15, 0.2) is 249 Å². The topological polar surface area (TPSA) is 48.5 Å². The zero-order chi connectivity index (χ0) is 45.0. The minimum absolute atomic E-state index is 0.556. The maximum absolute atomic E-state index is 5.33. The quantitative estimate of drug-likeness (QED) is 0.153. The Balaban J connectivity index is 1.05. The summed E-state index contributed by atoms with van der Waals surface area (Å²) in [6.07, 6.45) is 0. The highest BCUT2D eigenvalue weighted by Gasteiger charge is 2.22. The molecule has 3 heterocycles. The maximum atomic E-state index is 5.33. The Morgan fingerprint density at radius 1 is 0.235 bits per heavy atom. The van der Waals surface area contributed by atoms with Crippen molar-refractivity contribution in [1.82, 2.24) is 24.1 Å². The summed E-state index contributed by atoms with van der Waals surface area (Å²) in [7, 11) is 0. The Morgan fingerprint density at radius 2 is 0.632 bits per heavy atom. The molecule has 0 unspecified atom stereocenters. The summed E-state index contributed by atoms with van der Waals surface area (Å²) in [5.41, 5.74) is 16.5. The molecule has 5 nitrogen and oxygen atoms in total. The second-order valence-electron chi connectivity index (χ2n) is 17.2. The molecule has 0 aliphatic rings. The van der Waals surface area contributed by atoms with Crippen LogP contribution in [-0.4, -0.2) is 24.1 Å². The Kier molecular flexibility index (Phi) is 9.43. The normalized spacial score (nSPS) is 11.5. The monoisotopic (exact) mass is 867 g/mol. The van der Waals surface area contributed by atoms with Gasteiger partial charge in [0.1, 0.15) is 0 Å². The van der Waals surface area contributed by atoms with Crippen LogP contribution in [0.3, 0.4) is 0 Å². The fourth-order valence-electron chi connectivity index (χ4n) is 9.95. The number of rotatable bonds is 8. The van der Waals surface area contributed by atoms with Gasteiger partial charge in [0.25, 0.3) is 0 Å². The molecule has 0 amide bonds. The van der Waals surface area contributed by atoms with Gasteiger partial charge in [-0.15, -0.1) is 0 Å². The molecule has 0 atom stereocenters. The van der Waals surface area contributed by atoms with Crippen LogP contribution in [0.4, 0.5) is 0 Å². The Hall–Kier alpha value is -9.19. The maximum Gasteiger partial charge on any atom is 0.238 e. The zero-order valence-corrected chi connectivity index (χ0v) is 36.9. The average Bonchev–Trinajstić information content (AvgIpc) is 3.92. The number of hydrogen-bond donors (Lipinski definition) is 0. The van der Waals surface area contributed by atoms with Crippen molar-refractivity contribution in [3.63, 3.8) is 0 Å². The van der Waals surface area contributed by atoms with Crippen molar-refractivity contribution < 1.29 is 0 Å². The summed E-state index contributed by atoms with van der Waals surface area (Å²) in [5, 5.41) is 4.62. The minimum Gasteiger partial charge on any atom is -0.309 e. The summed E-state index contributed by atoms with van der Waals surface area (Å²) in [6.45, 7) is 0. The fraction of sp³-hybridized carbons (Fsp3) is 0. The van der Waals surface area contributed by atoms with E-state index >= 15 is 0 Å². The van der Waals surface area contributed by atoms with Crippen LogP contribution in [0.1, 0.15) is 0 Å². The number of fused-ring (bicyclic) bond motifs is 6. The molecule has 0 aliphatic carbocycles. The summed E-state index contributed by atoms with van der Waals surface area (Å²) in [6, 6.07) is 88.4. The number of para-hydroxylation sites is 3. The summed E-state index contributed by atoms with van der Waals surface area (Å²) in [4.78, 5) is 15.8. The minimum atomic E-state index is 0.556. The molecular formula is C63H41N5. The largest absolute Gasteiger partial charge is 0.309 e. The molecule has 0 bridgehead atoms. The molecule has 318 valence electrons. The highest BCUT2D eigenvalue weighted by atomic mass is 15.2. The lowest BCUT2D eigenvalue weighted by Crippen LogP contribution is -2.06. The molecule has 0 saturated heterocycles. The first-order valence-electron chi connectivity index (χ1n) is 23.0.